The van der Waals surface area contributed by atoms with Crippen LogP contribution in [0.5, 0.6) is 0 Å². The van der Waals surface area contributed by atoms with E-state index in [0.717, 1.165) is 6.42 Å². The van der Waals surface area contributed by atoms with Gasteiger partial charge in [0.25, 0.3) is 5.79 Å². The minimum absolute atomic E-state index is 0.191. The summed E-state index contributed by atoms with van der Waals surface area (Å²) in [6, 6.07) is 0. The standard InChI is InChI=1S/C9H14O3/c1-3-5-8(10)12-9(2)6-4-7-11-9/h4,7H,3,5-6H2,1-2H3. The quantitative estimate of drug-likeness (QED) is 0.607. The van der Waals surface area contributed by atoms with Gasteiger partial charge in [-0.15, -0.1) is 0 Å². The Balaban J connectivity index is 2.34. The lowest BCUT2D eigenvalue weighted by atomic mass is 10.2. The van der Waals surface area contributed by atoms with Gasteiger partial charge in [-0.3, -0.25) is 4.79 Å². The van der Waals surface area contributed by atoms with E-state index in [1.54, 1.807) is 13.2 Å². The number of carbonyl (C=O) groups is 1. The molecule has 1 unspecified atom stereocenters. The van der Waals surface area contributed by atoms with Crippen molar-refractivity contribution < 1.29 is 14.3 Å². The Kier molecular flexibility index (Phi) is 2.74. The van der Waals surface area contributed by atoms with Gasteiger partial charge in [0.05, 0.1) is 6.26 Å². The van der Waals surface area contributed by atoms with Crippen molar-refractivity contribution >= 4 is 5.97 Å². The van der Waals surface area contributed by atoms with Crippen molar-refractivity contribution in [1.29, 1.82) is 0 Å². The first-order chi connectivity index (χ1) is 5.66. The number of carbonyl (C=O) groups excluding carboxylic acids is 1. The van der Waals surface area contributed by atoms with Crippen molar-refractivity contribution in [1.82, 2.24) is 0 Å². The monoisotopic (exact) mass is 170 g/mol. The van der Waals surface area contributed by atoms with Crippen LogP contribution in [-0.2, 0) is 14.3 Å². The lowest BCUT2D eigenvalue weighted by Gasteiger charge is -2.23. The van der Waals surface area contributed by atoms with Crippen molar-refractivity contribution in [2.24, 2.45) is 0 Å². The van der Waals surface area contributed by atoms with E-state index < -0.39 is 5.79 Å². The van der Waals surface area contributed by atoms with Crippen molar-refractivity contribution in [3.05, 3.63) is 12.3 Å². The first-order valence-electron chi connectivity index (χ1n) is 4.21. The second-order valence-corrected chi connectivity index (χ2v) is 3.05. The number of hydrogen-bond acceptors (Lipinski definition) is 3. The molecule has 0 radical (unpaired) electrons. The summed E-state index contributed by atoms with van der Waals surface area (Å²) in [5.74, 6) is -0.935. The van der Waals surface area contributed by atoms with Crippen molar-refractivity contribution in [3.63, 3.8) is 0 Å². The Hall–Kier alpha value is -0.990. The molecule has 1 atom stereocenters. The first kappa shape index (κ1) is 9.10. The predicted octanol–water partition coefficient (Wildman–Crippen LogP) is 1.98. The molecule has 3 heteroatoms. The zero-order valence-corrected chi connectivity index (χ0v) is 7.50. The highest BCUT2D eigenvalue weighted by Crippen LogP contribution is 2.24. The summed E-state index contributed by atoms with van der Waals surface area (Å²) in [5.41, 5.74) is 0. The van der Waals surface area contributed by atoms with Crippen molar-refractivity contribution in [2.45, 2.75) is 38.9 Å². The van der Waals surface area contributed by atoms with Gasteiger partial charge in [0.2, 0.25) is 0 Å². The van der Waals surface area contributed by atoms with Crippen LogP contribution in [0.1, 0.15) is 33.1 Å². The molecule has 68 valence electrons. The molecule has 0 aromatic rings. The van der Waals surface area contributed by atoms with Gasteiger partial charge in [-0.2, -0.15) is 0 Å². The highest BCUT2D eigenvalue weighted by Gasteiger charge is 2.31. The van der Waals surface area contributed by atoms with Gasteiger partial charge in [0.15, 0.2) is 0 Å². The molecule has 0 aliphatic carbocycles. The average molecular weight is 170 g/mol. The Morgan fingerprint density at radius 1 is 1.75 bits per heavy atom. The molecule has 0 bridgehead atoms. The molecule has 0 amide bonds. The zero-order chi connectivity index (χ0) is 9.03. The third-order valence-corrected chi connectivity index (χ3v) is 1.69. The molecule has 0 fully saturated rings. The van der Waals surface area contributed by atoms with E-state index in [9.17, 15) is 4.79 Å². The zero-order valence-electron chi connectivity index (χ0n) is 7.50. The van der Waals surface area contributed by atoms with Gasteiger partial charge in [0, 0.05) is 19.8 Å². The summed E-state index contributed by atoms with van der Waals surface area (Å²) in [6.45, 7) is 3.71. The summed E-state index contributed by atoms with van der Waals surface area (Å²) in [5, 5.41) is 0. The van der Waals surface area contributed by atoms with Crippen LogP contribution in [0.4, 0.5) is 0 Å². The largest absolute Gasteiger partial charge is 0.460 e. The van der Waals surface area contributed by atoms with E-state index in [-0.39, 0.29) is 5.97 Å². The molecule has 1 heterocycles. The summed E-state index contributed by atoms with van der Waals surface area (Å²) in [4.78, 5) is 11.1. The lowest BCUT2D eigenvalue weighted by molar-refractivity contribution is -0.197. The molecular formula is C9H14O3. The Labute approximate surface area is 72.4 Å². The Morgan fingerprint density at radius 2 is 2.50 bits per heavy atom. The maximum absolute atomic E-state index is 11.1. The topological polar surface area (TPSA) is 35.5 Å². The average Bonchev–Trinajstić information content (AvgIpc) is 2.36. The van der Waals surface area contributed by atoms with Gasteiger partial charge in [-0.25, -0.2) is 0 Å². The molecule has 1 rings (SSSR count). The van der Waals surface area contributed by atoms with Gasteiger partial charge in [0.1, 0.15) is 0 Å². The molecule has 0 aromatic carbocycles. The maximum atomic E-state index is 11.1. The number of esters is 1. The highest BCUT2D eigenvalue weighted by molar-refractivity contribution is 5.69. The smallest absolute Gasteiger partial charge is 0.309 e. The molecule has 0 N–H and O–H groups in total. The van der Waals surface area contributed by atoms with E-state index in [1.165, 1.54) is 0 Å². The van der Waals surface area contributed by atoms with E-state index in [4.69, 9.17) is 9.47 Å². The molecule has 0 saturated carbocycles. The molecule has 0 aromatic heterocycles. The summed E-state index contributed by atoms with van der Waals surface area (Å²) in [6.07, 6.45) is 5.32. The van der Waals surface area contributed by atoms with Crippen LogP contribution in [0.25, 0.3) is 0 Å². The molecule has 3 nitrogen and oxygen atoms in total. The van der Waals surface area contributed by atoms with Gasteiger partial charge in [-0.05, 0) is 12.5 Å². The van der Waals surface area contributed by atoms with Crippen LogP contribution in [-0.4, -0.2) is 11.8 Å². The lowest BCUT2D eigenvalue weighted by Crippen LogP contribution is -2.30. The third kappa shape index (κ3) is 2.26. The summed E-state index contributed by atoms with van der Waals surface area (Å²) < 4.78 is 10.2. The van der Waals surface area contributed by atoms with Gasteiger partial charge >= 0.3 is 5.97 Å². The highest BCUT2D eigenvalue weighted by atomic mass is 16.7. The van der Waals surface area contributed by atoms with Crippen LogP contribution in [0.3, 0.4) is 0 Å². The third-order valence-electron chi connectivity index (χ3n) is 1.69. The van der Waals surface area contributed by atoms with Crippen LogP contribution >= 0.6 is 0 Å². The predicted molar refractivity (Wildman–Crippen MR) is 44.2 cm³/mol. The van der Waals surface area contributed by atoms with E-state index in [0.29, 0.717) is 12.8 Å². The number of rotatable bonds is 3. The minimum atomic E-state index is -0.744. The van der Waals surface area contributed by atoms with Crippen LogP contribution < -0.4 is 0 Å². The SMILES string of the molecule is CCCC(=O)OC1(C)CC=CO1. The number of ether oxygens (including phenoxy) is 2. The normalized spacial score (nSPS) is 26.8. The summed E-state index contributed by atoms with van der Waals surface area (Å²) in [7, 11) is 0. The van der Waals surface area contributed by atoms with E-state index >= 15 is 0 Å². The molecule has 1 aliphatic rings. The second-order valence-electron chi connectivity index (χ2n) is 3.05. The summed E-state index contributed by atoms with van der Waals surface area (Å²) >= 11 is 0. The van der Waals surface area contributed by atoms with Crippen LogP contribution in [0.15, 0.2) is 12.3 Å². The van der Waals surface area contributed by atoms with Crippen LogP contribution in [0, 0.1) is 0 Å². The molecule has 0 saturated heterocycles. The molecule has 0 spiro atoms. The van der Waals surface area contributed by atoms with Gasteiger partial charge < -0.3 is 9.47 Å². The molecule has 12 heavy (non-hydrogen) atoms. The fourth-order valence-electron chi connectivity index (χ4n) is 1.06. The second kappa shape index (κ2) is 3.61. The van der Waals surface area contributed by atoms with Crippen molar-refractivity contribution in [2.75, 3.05) is 0 Å². The van der Waals surface area contributed by atoms with Crippen LogP contribution in [0.2, 0.25) is 0 Å². The fraction of sp³-hybridized carbons (Fsp3) is 0.667. The minimum Gasteiger partial charge on any atom is -0.460 e. The van der Waals surface area contributed by atoms with E-state index in [1.807, 2.05) is 13.0 Å². The fourth-order valence-corrected chi connectivity index (χ4v) is 1.06. The number of hydrogen-bond donors (Lipinski definition) is 0. The molecule has 1 aliphatic heterocycles. The Morgan fingerprint density at radius 3 is 3.00 bits per heavy atom. The van der Waals surface area contributed by atoms with Crippen molar-refractivity contribution in [3.8, 4) is 0 Å². The maximum Gasteiger partial charge on any atom is 0.309 e. The Bertz CT molecular complexity index is 188. The van der Waals surface area contributed by atoms with E-state index in [2.05, 4.69) is 0 Å². The molecular weight excluding hydrogens is 156 g/mol. The first-order valence-corrected chi connectivity index (χ1v) is 4.21. The van der Waals surface area contributed by atoms with Gasteiger partial charge in [-0.1, -0.05) is 6.92 Å².